The van der Waals surface area contributed by atoms with E-state index in [1.165, 1.54) is 38.5 Å². The summed E-state index contributed by atoms with van der Waals surface area (Å²) in [4.78, 5) is 16.7. The van der Waals surface area contributed by atoms with Crippen molar-refractivity contribution in [1.82, 2.24) is 0 Å². The van der Waals surface area contributed by atoms with Gasteiger partial charge in [-0.05, 0) is 49.4 Å². The lowest BCUT2D eigenvalue weighted by Gasteiger charge is -2.61. The number of allylic oxidation sites excluding steroid dienone is 2. The van der Waals surface area contributed by atoms with E-state index >= 15 is 0 Å². The molecule has 0 aromatic rings. The lowest BCUT2D eigenvalue weighted by Crippen LogP contribution is -2.59. The van der Waals surface area contributed by atoms with Crippen molar-refractivity contribution in [3.05, 3.63) is 23.1 Å². The van der Waals surface area contributed by atoms with Gasteiger partial charge < -0.3 is 4.85 Å². The normalized spacial score (nSPS) is 42.8. The standard InChI is InChI=1S/C23H35NO/c1-7-8-10-16-11-9-12-19-22(16,4)14-13-18-21(2,3)20(25)17(24-6)15-23(18,19)5/h12,16-18H,7-11,13-15H2,1-5H3/t16-,17?,18+,22+,23+/m1/s1. The predicted molar refractivity (Wildman–Crippen MR) is 103 cm³/mol. The van der Waals surface area contributed by atoms with E-state index in [0.29, 0.717) is 5.92 Å². The zero-order chi connectivity index (χ0) is 18.5. The number of ketones is 1. The molecule has 0 amide bonds. The van der Waals surface area contributed by atoms with Gasteiger partial charge in [-0.25, -0.2) is 6.57 Å². The van der Waals surface area contributed by atoms with Gasteiger partial charge in [0.15, 0.2) is 0 Å². The maximum absolute atomic E-state index is 12.9. The molecule has 2 nitrogen and oxygen atoms in total. The lowest BCUT2D eigenvalue weighted by atomic mass is 9.42. The monoisotopic (exact) mass is 341 g/mol. The molecule has 0 bridgehead atoms. The van der Waals surface area contributed by atoms with E-state index in [-0.39, 0.29) is 22.0 Å². The fourth-order valence-corrected chi connectivity index (χ4v) is 6.90. The SMILES string of the molecule is [C-]#[N+]C1C[C@]2(C)C3=CCC[C@@H](CCCC)[C@]3(C)CC[C@H]2C(C)(C)C1=O. The number of carbonyl (C=O) groups excluding carboxylic acids is 1. The minimum Gasteiger partial charge on any atom is -0.305 e. The molecule has 0 heterocycles. The molecule has 2 fully saturated rings. The van der Waals surface area contributed by atoms with Crippen LogP contribution in [0.1, 0.15) is 86.0 Å². The summed E-state index contributed by atoms with van der Waals surface area (Å²) >= 11 is 0. The number of hydrogen-bond donors (Lipinski definition) is 0. The largest absolute Gasteiger partial charge is 0.305 e. The zero-order valence-electron chi connectivity index (χ0n) is 16.8. The minimum atomic E-state index is -0.449. The first-order chi connectivity index (χ1) is 11.7. The first-order valence-corrected chi connectivity index (χ1v) is 10.3. The van der Waals surface area contributed by atoms with Gasteiger partial charge in [-0.1, -0.05) is 59.1 Å². The van der Waals surface area contributed by atoms with Gasteiger partial charge in [0.1, 0.15) is 0 Å². The smallest absolute Gasteiger partial charge is 0.282 e. The quantitative estimate of drug-likeness (QED) is 0.441. The Bertz CT molecular complexity index is 624. The second kappa shape index (κ2) is 6.26. The summed E-state index contributed by atoms with van der Waals surface area (Å²) in [7, 11) is 0. The van der Waals surface area contributed by atoms with Gasteiger partial charge in [-0.2, -0.15) is 0 Å². The molecule has 2 saturated carbocycles. The van der Waals surface area contributed by atoms with E-state index in [4.69, 9.17) is 6.57 Å². The van der Waals surface area contributed by atoms with Crippen LogP contribution < -0.4 is 0 Å². The number of nitrogens with zero attached hydrogens (tertiary/aromatic N) is 1. The molecule has 0 aliphatic heterocycles. The molecule has 2 heteroatoms. The van der Waals surface area contributed by atoms with Crippen molar-refractivity contribution in [3.8, 4) is 0 Å². The van der Waals surface area contributed by atoms with Gasteiger partial charge in [-0.15, -0.1) is 0 Å². The molecule has 5 atom stereocenters. The van der Waals surface area contributed by atoms with Gasteiger partial charge in [0.05, 0.1) is 0 Å². The summed E-state index contributed by atoms with van der Waals surface area (Å²) in [5.74, 6) is 1.35. The number of fused-ring (bicyclic) bond motifs is 3. The van der Waals surface area contributed by atoms with E-state index in [1.807, 2.05) is 0 Å². The third-order valence-corrected chi connectivity index (χ3v) is 8.20. The Labute approximate surface area is 154 Å². The highest BCUT2D eigenvalue weighted by atomic mass is 16.1. The topological polar surface area (TPSA) is 21.4 Å². The summed E-state index contributed by atoms with van der Waals surface area (Å²) in [6.07, 6.45) is 12.0. The zero-order valence-corrected chi connectivity index (χ0v) is 16.8. The average molecular weight is 342 g/mol. The van der Waals surface area contributed by atoms with E-state index in [2.05, 4.69) is 45.5 Å². The molecule has 0 radical (unpaired) electrons. The fraction of sp³-hybridized carbons (Fsp3) is 0.826. The fourth-order valence-electron chi connectivity index (χ4n) is 6.90. The van der Waals surface area contributed by atoms with Gasteiger partial charge in [0, 0.05) is 17.3 Å². The molecular formula is C23H35NO. The van der Waals surface area contributed by atoms with Crippen molar-refractivity contribution in [2.45, 2.75) is 92.0 Å². The second-order valence-corrected chi connectivity index (χ2v) is 9.90. The summed E-state index contributed by atoms with van der Waals surface area (Å²) in [6.45, 7) is 19.0. The van der Waals surface area contributed by atoms with E-state index < -0.39 is 6.04 Å². The van der Waals surface area contributed by atoms with Crippen LogP contribution in [-0.2, 0) is 4.79 Å². The summed E-state index contributed by atoms with van der Waals surface area (Å²) in [5, 5.41) is 0. The molecule has 0 aromatic heterocycles. The highest BCUT2D eigenvalue weighted by Gasteiger charge is 2.63. The molecule has 3 aliphatic carbocycles. The Morgan fingerprint density at radius 2 is 1.92 bits per heavy atom. The molecule has 0 spiro atoms. The number of carbonyl (C=O) groups is 1. The minimum absolute atomic E-state index is 0.0184. The van der Waals surface area contributed by atoms with Crippen LogP contribution >= 0.6 is 0 Å². The van der Waals surface area contributed by atoms with Crippen molar-refractivity contribution >= 4 is 5.78 Å². The van der Waals surface area contributed by atoms with E-state index in [9.17, 15) is 4.79 Å². The molecule has 0 saturated heterocycles. The first kappa shape index (κ1) is 18.7. The molecule has 25 heavy (non-hydrogen) atoms. The first-order valence-electron chi connectivity index (χ1n) is 10.3. The van der Waals surface area contributed by atoms with Crippen molar-refractivity contribution < 1.29 is 4.79 Å². The Morgan fingerprint density at radius 3 is 2.56 bits per heavy atom. The molecule has 0 aromatic carbocycles. The van der Waals surface area contributed by atoms with Crippen molar-refractivity contribution in [1.29, 1.82) is 0 Å². The van der Waals surface area contributed by atoms with Crippen molar-refractivity contribution in [2.24, 2.45) is 28.1 Å². The second-order valence-electron chi connectivity index (χ2n) is 9.90. The van der Waals surface area contributed by atoms with Gasteiger partial charge >= 0.3 is 0 Å². The Hall–Kier alpha value is -1.10. The van der Waals surface area contributed by atoms with Crippen LogP contribution in [-0.4, -0.2) is 11.8 Å². The van der Waals surface area contributed by atoms with E-state index in [1.54, 1.807) is 5.57 Å². The maximum atomic E-state index is 12.9. The highest BCUT2D eigenvalue weighted by molar-refractivity contribution is 5.92. The molecule has 3 aliphatic rings. The summed E-state index contributed by atoms with van der Waals surface area (Å²) < 4.78 is 0. The van der Waals surface area contributed by atoms with Crippen LogP contribution in [0.2, 0.25) is 0 Å². The molecule has 138 valence electrons. The van der Waals surface area contributed by atoms with Gasteiger partial charge in [-0.3, -0.25) is 4.79 Å². The average Bonchev–Trinajstić information content (AvgIpc) is 2.56. The van der Waals surface area contributed by atoms with Crippen LogP contribution in [0.4, 0.5) is 0 Å². The van der Waals surface area contributed by atoms with Crippen molar-refractivity contribution in [2.75, 3.05) is 0 Å². The molecule has 3 rings (SSSR count). The Balaban J connectivity index is 2.03. The van der Waals surface area contributed by atoms with Gasteiger partial charge in [0.2, 0.25) is 5.78 Å². The van der Waals surface area contributed by atoms with Gasteiger partial charge in [0.25, 0.3) is 6.04 Å². The third kappa shape index (κ3) is 2.61. The van der Waals surface area contributed by atoms with Crippen LogP contribution in [0.3, 0.4) is 0 Å². The number of rotatable bonds is 3. The van der Waals surface area contributed by atoms with Crippen molar-refractivity contribution in [3.63, 3.8) is 0 Å². The predicted octanol–water partition coefficient (Wildman–Crippen LogP) is 6.22. The van der Waals surface area contributed by atoms with Crippen LogP contribution in [0.25, 0.3) is 4.85 Å². The molecule has 1 unspecified atom stereocenters. The van der Waals surface area contributed by atoms with Crippen LogP contribution in [0.5, 0.6) is 0 Å². The number of Topliss-reactive ketones (excluding diaryl/α,β-unsaturated/α-hetero) is 1. The maximum Gasteiger partial charge on any atom is 0.282 e. The lowest BCUT2D eigenvalue weighted by molar-refractivity contribution is -0.143. The number of unbranched alkanes of at least 4 members (excludes halogenated alkanes) is 1. The molecular weight excluding hydrogens is 306 g/mol. The van der Waals surface area contributed by atoms with E-state index in [0.717, 1.165) is 18.8 Å². The van der Waals surface area contributed by atoms with Crippen LogP contribution in [0.15, 0.2) is 11.6 Å². The third-order valence-electron chi connectivity index (χ3n) is 8.20. The summed E-state index contributed by atoms with van der Waals surface area (Å²) in [6, 6.07) is -0.449. The number of hydrogen-bond acceptors (Lipinski definition) is 1. The highest BCUT2D eigenvalue weighted by Crippen LogP contribution is 2.67. The van der Waals surface area contributed by atoms with Crippen LogP contribution in [0, 0.1) is 34.7 Å². The summed E-state index contributed by atoms with van der Waals surface area (Å²) in [5.41, 5.74) is 1.53. The Morgan fingerprint density at radius 1 is 1.20 bits per heavy atom. The Kier molecular flexibility index (Phi) is 4.68. The molecule has 0 N–H and O–H groups in total.